The van der Waals surface area contributed by atoms with Crippen molar-refractivity contribution in [2.75, 3.05) is 13.2 Å². The highest BCUT2D eigenvalue weighted by atomic mass is 28.4. The second-order valence-electron chi connectivity index (χ2n) is 3.52. The Morgan fingerprint density at radius 1 is 1.00 bits per heavy atom. The molecular formula is C12H20O3Si. The van der Waals surface area contributed by atoms with Crippen LogP contribution < -0.4 is 5.19 Å². The zero-order valence-corrected chi connectivity index (χ0v) is 11.2. The number of hydrogen-bond acceptors (Lipinski definition) is 3. The van der Waals surface area contributed by atoms with Crippen molar-refractivity contribution in [1.82, 2.24) is 0 Å². The van der Waals surface area contributed by atoms with E-state index in [4.69, 9.17) is 8.85 Å². The van der Waals surface area contributed by atoms with Crippen LogP contribution in [0.2, 0.25) is 6.04 Å². The predicted molar refractivity (Wildman–Crippen MR) is 67.2 cm³/mol. The molecule has 0 heterocycles. The Hall–Kier alpha value is -0.843. The summed E-state index contributed by atoms with van der Waals surface area (Å²) in [5.41, 5.74) is 0. The second kappa shape index (κ2) is 6.03. The van der Waals surface area contributed by atoms with Crippen LogP contribution in [0.1, 0.15) is 20.8 Å². The SMILES string of the molecule is CCO[Si](CC)(OCC)c1ccc(O)cc1. The summed E-state index contributed by atoms with van der Waals surface area (Å²) in [5, 5.41) is 10.4. The van der Waals surface area contributed by atoms with Crippen LogP contribution in [0, 0.1) is 0 Å². The third-order valence-electron chi connectivity index (χ3n) is 2.53. The van der Waals surface area contributed by atoms with E-state index in [-0.39, 0.29) is 5.75 Å². The molecule has 0 spiro atoms. The summed E-state index contributed by atoms with van der Waals surface area (Å²) in [6.07, 6.45) is 0. The molecule has 0 fully saturated rings. The van der Waals surface area contributed by atoms with Crippen molar-refractivity contribution in [3.8, 4) is 5.75 Å². The van der Waals surface area contributed by atoms with E-state index in [1.807, 2.05) is 26.0 Å². The number of hydrogen-bond donors (Lipinski definition) is 1. The molecule has 1 aromatic rings. The van der Waals surface area contributed by atoms with Gasteiger partial charge in [0.15, 0.2) is 0 Å². The largest absolute Gasteiger partial charge is 0.508 e. The minimum absolute atomic E-state index is 0.274. The lowest BCUT2D eigenvalue weighted by Gasteiger charge is -2.29. The third kappa shape index (κ3) is 2.84. The molecule has 90 valence electrons. The summed E-state index contributed by atoms with van der Waals surface area (Å²) in [6, 6.07) is 8.04. The Bertz CT molecular complexity index is 305. The minimum Gasteiger partial charge on any atom is -0.508 e. The maximum absolute atomic E-state index is 9.29. The quantitative estimate of drug-likeness (QED) is 0.774. The molecule has 0 radical (unpaired) electrons. The average Bonchev–Trinajstić information content (AvgIpc) is 2.29. The monoisotopic (exact) mass is 240 g/mol. The first-order valence-electron chi connectivity index (χ1n) is 5.76. The third-order valence-corrected chi connectivity index (χ3v) is 6.18. The summed E-state index contributed by atoms with van der Waals surface area (Å²) in [5.74, 6) is 0.274. The van der Waals surface area contributed by atoms with Crippen molar-refractivity contribution in [2.45, 2.75) is 26.8 Å². The lowest BCUT2D eigenvalue weighted by Crippen LogP contribution is -2.53. The molecule has 0 saturated heterocycles. The van der Waals surface area contributed by atoms with E-state index in [1.165, 1.54) is 0 Å². The summed E-state index contributed by atoms with van der Waals surface area (Å²) in [7, 11) is -2.28. The topological polar surface area (TPSA) is 38.7 Å². The molecule has 0 amide bonds. The first-order valence-corrected chi connectivity index (χ1v) is 7.78. The first-order chi connectivity index (χ1) is 7.68. The maximum atomic E-state index is 9.29. The summed E-state index contributed by atoms with van der Waals surface area (Å²) >= 11 is 0. The van der Waals surface area contributed by atoms with Crippen LogP contribution in [0.25, 0.3) is 0 Å². The summed E-state index contributed by atoms with van der Waals surface area (Å²) < 4.78 is 11.8. The van der Waals surface area contributed by atoms with Crippen molar-refractivity contribution in [2.24, 2.45) is 0 Å². The molecule has 16 heavy (non-hydrogen) atoms. The zero-order valence-electron chi connectivity index (χ0n) is 10.2. The number of aromatic hydroxyl groups is 1. The lowest BCUT2D eigenvalue weighted by molar-refractivity contribution is 0.197. The Labute approximate surface area is 98.3 Å². The smallest absolute Gasteiger partial charge is 0.372 e. The van der Waals surface area contributed by atoms with Crippen LogP contribution in [0.3, 0.4) is 0 Å². The fourth-order valence-electron chi connectivity index (χ4n) is 1.80. The molecule has 0 aromatic heterocycles. The van der Waals surface area contributed by atoms with E-state index in [9.17, 15) is 5.11 Å². The van der Waals surface area contributed by atoms with Crippen LogP contribution in [-0.2, 0) is 8.85 Å². The van der Waals surface area contributed by atoms with Gasteiger partial charge in [0.05, 0.1) is 0 Å². The van der Waals surface area contributed by atoms with Gasteiger partial charge in [-0.15, -0.1) is 0 Å². The average molecular weight is 240 g/mol. The van der Waals surface area contributed by atoms with E-state index in [1.54, 1.807) is 12.1 Å². The van der Waals surface area contributed by atoms with Crippen LogP contribution in [-0.4, -0.2) is 26.9 Å². The highest BCUT2D eigenvalue weighted by molar-refractivity contribution is 6.81. The van der Waals surface area contributed by atoms with Gasteiger partial charge in [0.1, 0.15) is 5.75 Å². The maximum Gasteiger partial charge on any atom is 0.372 e. The molecule has 3 nitrogen and oxygen atoms in total. The first kappa shape index (κ1) is 13.2. The lowest BCUT2D eigenvalue weighted by atomic mass is 10.3. The van der Waals surface area contributed by atoms with E-state index in [2.05, 4.69) is 6.92 Å². The van der Waals surface area contributed by atoms with Crippen LogP contribution in [0.5, 0.6) is 5.75 Å². The van der Waals surface area contributed by atoms with E-state index in [0.717, 1.165) is 11.2 Å². The van der Waals surface area contributed by atoms with Gasteiger partial charge in [0.2, 0.25) is 0 Å². The number of phenolic OH excluding ortho intramolecular Hbond substituents is 1. The molecule has 0 aliphatic heterocycles. The Kier molecular flexibility index (Phi) is 4.98. The van der Waals surface area contributed by atoms with Gasteiger partial charge >= 0.3 is 8.56 Å². The molecule has 0 saturated carbocycles. The van der Waals surface area contributed by atoms with Gasteiger partial charge in [-0.25, -0.2) is 0 Å². The van der Waals surface area contributed by atoms with Crippen molar-refractivity contribution < 1.29 is 14.0 Å². The highest BCUT2D eigenvalue weighted by Gasteiger charge is 2.37. The van der Waals surface area contributed by atoms with Gasteiger partial charge in [-0.2, -0.15) is 0 Å². The Morgan fingerprint density at radius 3 is 1.88 bits per heavy atom. The second-order valence-corrected chi connectivity index (χ2v) is 6.89. The fourth-order valence-corrected chi connectivity index (χ4v) is 4.64. The van der Waals surface area contributed by atoms with Gasteiger partial charge < -0.3 is 14.0 Å². The molecule has 0 unspecified atom stereocenters. The molecule has 1 rings (SSSR count). The number of rotatable bonds is 6. The van der Waals surface area contributed by atoms with Crippen LogP contribution >= 0.6 is 0 Å². The molecular weight excluding hydrogens is 220 g/mol. The highest BCUT2D eigenvalue weighted by Crippen LogP contribution is 2.15. The molecule has 4 heteroatoms. The van der Waals surface area contributed by atoms with Gasteiger partial charge in [-0.3, -0.25) is 0 Å². The fraction of sp³-hybridized carbons (Fsp3) is 0.500. The van der Waals surface area contributed by atoms with E-state index < -0.39 is 8.56 Å². The van der Waals surface area contributed by atoms with E-state index in [0.29, 0.717) is 13.2 Å². The van der Waals surface area contributed by atoms with Gasteiger partial charge in [-0.1, -0.05) is 19.1 Å². The van der Waals surface area contributed by atoms with Gasteiger partial charge in [-0.05, 0) is 37.2 Å². The number of phenols is 1. The standard InChI is InChI=1S/C12H20O3Si/c1-4-14-16(6-3,15-5-2)12-9-7-11(13)8-10-12/h7-10,13H,4-6H2,1-3H3. The molecule has 0 bridgehead atoms. The van der Waals surface area contributed by atoms with Crippen molar-refractivity contribution >= 4 is 13.7 Å². The summed E-state index contributed by atoms with van der Waals surface area (Å²) in [6.45, 7) is 7.36. The zero-order chi connectivity index (χ0) is 12.0. The van der Waals surface area contributed by atoms with Crippen LogP contribution in [0.4, 0.5) is 0 Å². The van der Waals surface area contributed by atoms with E-state index >= 15 is 0 Å². The number of benzene rings is 1. The Balaban J connectivity index is 3.02. The van der Waals surface area contributed by atoms with Crippen molar-refractivity contribution in [3.63, 3.8) is 0 Å². The molecule has 0 aliphatic rings. The van der Waals surface area contributed by atoms with Crippen LogP contribution in [0.15, 0.2) is 24.3 Å². The van der Waals surface area contributed by atoms with Crippen molar-refractivity contribution in [3.05, 3.63) is 24.3 Å². The van der Waals surface area contributed by atoms with Gasteiger partial charge in [0, 0.05) is 13.2 Å². The molecule has 0 aliphatic carbocycles. The Morgan fingerprint density at radius 2 is 1.50 bits per heavy atom. The normalized spacial score (nSPS) is 11.7. The van der Waals surface area contributed by atoms with Gasteiger partial charge in [0.25, 0.3) is 0 Å². The molecule has 1 aromatic carbocycles. The molecule has 1 N–H and O–H groups in total. The van der Waals surface area contributed by atoms with Crippen molar-refractivity contribution in [1.29, 1.82) is 0 Å². The predicted octanol–water partition coefficient (Wildman–Crippen LogP) is 2.13. The minimum atomic E-state index is -2.28. The molecule has 0 atom stereocenters. The summed E-state index contributed by atoms with van der Waals surface area (Å²) in [4.78, 5) is 0.